The number of carbonyl (C=O) groups excluding carboxylic acids is 1. The summed E-state index contributed by atoms with van der Waals surface area (Å²) in [6.45, 7) is 4.48. The van der Waals surface area contributed by atoms with Crippen LogP contribution in [0.4, 0.5) is 0 Å². The molecule has 3 rings (SSSR count). The zero-order chi connectivity index (χ0) is 15.5. The van der Waals surface area contributed by atoms with Crippen molar-refractivity contribution < 1.29 is 9.53 Å². The van der Waals surface area contributed by atoms with Crippen molar-refractivity contribution in [3.05, 3.63) is 35.9 Å². The van der Waals surface area contributed by atoms with Crippen molar-refractivity contribution in [3.63, 3.8) is 0 Å². The molecule has 0 aliphatic carbocycles. The summed E-state index contributed by atoms with van der Waals surface area (Å²) in [6, 6.07) is 4.25. The summed E-state index contributed by atoms with van der Waals surface area (Å²) in [4.78, 5) is 18.8. The lowest BCUT2D eigenvalue weighted by Gasteiger charge is -2.34. The van der Waals surface area contributed by atoms with E-state index in [-0.39, 0.29) is 5.97 Å². The lowest BCUT2D eigenvalue weighted by Crippen LogP contribution is -2.40. The third kappa shape index (κ3) is 2.86. The van der Waals surface area contributed by atoms with E-state index >= 15 is 0 Å². The first-order valence-electron chi connectivity index (χ1n) is 8.01. The number of nitrogens with zero attached hydrogens (tertiary/aromatic N) is 3. The number of ether oxygens (including phenoxy) is 1. The fourth-order valence-corrected chi connectivity index (χ4v) is 3.35. The lowest BCUT2D eigenvalue weighted by atomic mass is 9.99. The Hall–Kier alpha value is -1.88. The molecule has 1 aliphatic heterocycles. The first-order chi connectivity index (χ1) is 10.7. The molecule has 3 heterocycles. The molecule has 1 fully saturated rings. The first-order valence-corrected chi connectivity index (χ1v) is 8.01. The predicted molar refractivity (Wildman–Crippen MR) is 85.1 cm³/mol. The second kappa shape index (κ2) is 6.48. The van der Waals surface area contributed by atoms with Crippen LogP contribution in [0, 0.1) is 0 Å². The number of piperidine rings is 1. The highest BCUT2D eigenvalue weighted by atomic mass is 16.5. The lowest BCUT2D eigenvalue weighted by molar-refractivity contribution is 0.0600. The summed E-state index contributed by atoms with van der Waals surface area (Å²) in [7, 11) is 1.41. The largest absolute Gasteiger partial charge is 0.465 e. The molecule has 0 aromatic carbocycles. The SMILES string of the molecule is CCN1CCCCC1Cc1ncc2ccc(C(=O)OC)cn12. The normalized spacial score (nSPS) is 19.5. The van der Waals surface area contributed by atoms with Crippen LogP contribution in [-0.4, -0.2) is 46.5 Å². The quantitative estimate of drug-likeness (QED) is 0.814. The van der Waals surface area contributed by atoms with Gasteiger partial charge in [0.15, 0.2) is 0 Å². The number of likely N-dealkylation sites (N-methyl/N-ethyl adjacent to an activating group) is 1. The van der Waals surface area contributed by atoms with Crippen molar-refractivity contribution in [2.24, 2.45) is 0 Å². The van der Waals surface area contributed by atoms with E-state index in [1.54, 1.807) is 6.07 Å². The van der Waals surface area contributed by atoms with Gasteiger partial charge < -0.3 is 14.0 Å². The van der Waals surface area contributed by atoms with E-state index in [2.05, 4.69) is 16.8 Å². The number of pyridine rings is 1. The Bertz CT molecular complexity index is 665. The van der Waals surface area contributed by atoms with Crippen molar-refractivity contribution in [3.8, 4) is 0 Å². The van der Waals surface area contributed by atoms with Crippen LogP contribution in [0.25, 0.3) is 5.52 Å². The van der Waals surface area contributed by atoms with Crippen molar-refractivity contribution in [2.45, 2.75) is 38.6 Å². The molecule has 1 aliphatic rings. The van der Waals surface area contributed by atoms with E-state index in [1.807, 2.05) is 22.9 Å². The Morgan fingerprint density at radius 2 is 2.27 bits per heavy atom. The number of likely N-dealkylation sites (tertiary alicyclic amines) is 1. The predicted octanol–water partition coefficient (Wildman–Crippen LogP) is 2.54. The molecule has 2 aromatic heterocycles. The first kappa shape index (κ1) is 15.0. The van der Waals surface area contributed by atoms with Gasteiger partial charge in [-0.15, -0.1) is 0 Å². The van der Waals surface area contributed by atoms with E-state index < -0.39 is 0 Å². The van der Waals surface area contributed by atoms with Gasteiger partial charge in [0.05, 0.1) is 24.4 Å². The van der Waals surface area contributed by atoms with Gasteiger partial charge >= 0.3 is 5.97 Å². The number of hydrogen-bond acceptors (Lipinski definition) is 4. The Morgan fingerprint density at radius 1 is 1.41 bits per heavy atom. The van der Waals surface area contributed by atoms with E-state index in [1.165, 1.54) is 32.9 Å². The van der Waals surface area contributed by atoms with Gasteiger partial charge in [-0.05, 0) is 38.1 Å². The molecule has 0 amide bonds. The number of esters is 1. The molecule has 1 unspecified atom stereocenters. The van der Waals surface area contributed by atoms with Crippen LogP contribution in [0.15, 0.2) is 24.5 Å². The minimum Gasteiger partial charge on any atom is -0.465 e. The molecular formula is C17H23N3O2. The van der Waals surface area contributed by atoms with Crippen molar-refractivity contribution >= 4 is 11.5 Å². The van der Waals surface area contributed by atoms with E-state index in [0.29, 0.717) is 11.6 Å². The average Bonchev–Trinajstić information content (AvgIpc) is 2.97. The van der Waals surface area contributed by atoms with E-state index in [0.717, 1.165) is 24.3 Å². The number of aromatic nitrogens is 2. The van der Waals surface area contributed by atoms with Crippen molar-refractivity contribution in [2.75, 3.05) is 20.2 Å². The molecule has 1 atom stereocenters. The second-order valence-corrected chi connectivity index (χ2v) is 5.86. The Labute approximate surface area is 130 Å². The Kier molecular flexibility index (Phi) is 4.43. The summed E-state index contributed by atoms with van der Waals surface area (Å²) in [6.07, 6.45) is 8.43. The molecule has 0 N–H and O–H groups in total. The van der Waals surface area contributed by atoms with Crippen LogP contribution < -0.4 is 0 Å². The topological polar surface area (TPSA) is 46.8 Å². The number of hydrogen-bond donors (Lipinski definition) is 0. The van der Waals surface area contributed by atoms with Gasteiger partial charge in [-0.1, -0.05) is 13.3 Å². The highest BCUT2D eigenvalue weighted by Gasteiger charge is 2.23. The zero-order valence-electron chi connectivity index (χ0n) is 13.3. The van der Waals surface area contributed by atoms with Crippen LogP contribution in [0.2, 0.25) is 0 Å². The van der Waals surface area contributed by atoms with Gasteiger partial charge in [-0.3, -0.25) is 0 Å². The van der Waals surface area contributed by atoms with Crippen LogP contribution in [0.1, 0.15) is 42.4 Å². The minimum atomic E-state index is -0.311. The number of methoxy groups -OCH3 is 1. The molecular weight excluding hydrogens is 278 g/mol. The van der Waals surface area contributed by atoms with Gasteiger partial charge in [0.1, 0.15) is 5.82 Å². The standard InChI is InChI=1S/C17H23N3O2/c1-3-19-9-5-4-6-14(19)10-16-18-11-15-8-7-13(12-20(15)16)17(21)22-2/h7-8,11-12,14H,3-6,9-10H2,1-2H3. The summed E-state index contributed by atoms with van der Waals surface area (Å²) in [5, 5.41) is 0. The highest BCUT2D eigenvalue weighted by molar-refractivity contribution is 5.89. The van der Waals surface area contributed by atoms with Crippen molar-refractivity contribution in [1.82, 2.24) is 14.3 Å². The molecule has 0 spiro atoms. The molecule has 0 saturated carbocycles. The van der Waals surface area contributed by atoms with Crippen molar-refractivity contribution in [1.29, 1.82) is 0 Å². The van der Waals surface area contributed by atoms with Crippen LogP contribution in [0.3, 0.4) is 0 Å². The molecule has 2 aromatic rings. The van der Waals surface area contributed by atoms with Crippen LogP contribution in [0.5, 0.6) is 0 Å². The summed E-state index contributed by atoms with van der Waals surface area (Å²) in [5.41, 5.74) is 1.58. The molecule has 0 bridgehead atoms. The smallest absolute Gasteiger partial charge is 0.339 e. The van der Waals surface area contributed by atoms with Gasteiger partial charge in [-0.25, -0.2) is 9.78 Å². The maximum Gasteiger partial charge on any atom is 0.339 e. The third-order valence-corrected chi connectivity index (χ3v) is 4.60. The maximum atomic E-state index is 11.7. The Morgan fingerprint density at radius 3 is 3.05 bits per heavy atom. The molecule has 1 saturated heterocycles. The van der Waals surface area contributed by atoms with Gasteiger partial charge in [0, 0.05) is 18.7 Å². The van der Waals surface area contributed by atoms with Crippen LogP contribution >= 0.6 is 0 Å². The molecule has 5 heteroatoms. The second-order valence-electron chi connectivity index (χ2n) is 5.86. The number of fused-ring (bicyclic) bond motifs is 1. The maximum absolute atomic E-state index is 11.7. The van der Waals surface area contributed by atoms with E-state index in [9.17, 15) is 4.79 Å². The fraction of sp³-hybridized carbons (Fsp3) is 0.529. The molecule has 118 valence electrons. The molecule has 0 radical (unpaired) electrons. The average molecular weight is 301 g/mol. The number of rotatable bonds is 4. The molecule has 22 heavy (non-hydrogen) atoms. The zero-order valence-corrected chi connectivity index (χ0v) is 13.3. The summed E-state index contributed by atoms with van der Waals surface area (Å²) >= 11 is 0. The summed E-state index contributed by atoms with van der Waals surface area (Å²) in [5.74, 6) is 0.709. The van der Waals surface area contributed by atoms with Gasteiger partial charge in [-0.2, -0.15) is 0 Å². The highest BCUT2D eigenvalue weighted by Crippen LogP contribution is 2.21. The number of imidazole rings is 1. The molecule has 5 nitrogen and oxygen atoms in total. The Balaban J connectivity index is 1.88. The van der Waals surface area contributed by atoms with Crippen LogP contribution in [-0.2, 0) is 11.2 Å². The third-order valence-electron chi connectivity index (χ3n) is 4.60. The summed E-state index contributed by atoms with van der Waals surface area (Å²) < 4.78 is 6.83. The van der Waals surface area contributed by atoms with Gasteiger partial charge in [0.2, 0.25) is 0 Å². The monoisotopic (exact) mass is 301 g/mol. The minimum absolute atomic E-state index is 0.311. The fourth-order valence-electron chi connectivity index (χ4n) is 3.35. The number of carbonyl (C=O) groups is 1. The van der Waals surface area contributed by atoms with E-state index in [4.69, 9.17) is 4.74 Å². The van der Waals surface area contributed by atoms with Gasteiger partial charge in [0.25, 0.3) is 0 Å².